The third-order valence-electron chi connectivity index (χ3n) is 2.38. The van der Waals surface area contributed by atoms with Crippen molar-refractivity contribution in [2.45, 2.75) is 13.3 Å². The van der Waals surface area contributed by atoms with Gasteiger partial charge in [0.15, 0.2) is 5.17 Å². The number of nitrogens with zero attached hydrogens (tertiary/aromatic N) is 1. The summed E-state index contributed by atoms with van der Waals surface area (Å²) in [5.41, 5.74) is 0.596. The first-order chi connectivity index (χ1) is 8.79. The third kappa shape index (κ3) is 3.50. The van der Waals surface area contributed by atoms with Gasteiger partial charge < -0.3 is 10.1 Å². The summed E-state index contributed by atoms with van der Waals surface area (Å²) in [5, 5.41) is 3.51. The van der Waals surface area contributed by atoms with Crippen molar-refractivity contribution in [1.82, 2.24) is 5.32 Å². The van der Waals surface area contributed by atoms with Gasteiger partial charge in [-0.05, 0) is 24.6 Å². The standard InChI is InChI=1S/C13H16N2O2S/c1-2-7-17-11-5-3-4-10(9-11)12(16)15-13-14-6-8-18-13/h3-5,9H,2,6-8H2,1H3,(H,14,15,16). The molecule has 1 heterocycles. The van der Waals surface area contributed by atoms with Crippen LogP contribution in [0.3, 0.4) is 0 Å². The lowest BCUT2D eigenvalue weighted by atomic mass is 10.2. The zero-order chi connectivity index (χ0) is 12.8. The molecule has 96 valence electrons. The second-order valence-corrected chi connectivity index (χ2v) is 4.95. The van der Waals surface area contributed by atoms with Crippen molar-refractivity contribution in [2.75, 3.05) is 18.9 Å². The Morgan fingerprint density at radius 2 is 2.44 bits per heavy atom. The fourth-order valence-corrected chi connectivity index (χ4v) is 2.25. The number of nitrogens with one attached hydrogen (secondary N) is 1. The van der Waals surface area contributed by atoms with Gasteiger partial charge >= 0.3 is 0 Å². The van der Waals surface area contributed by atoms with Gasteiger partial charge in [-0.15, -0.1) is 0 Å². The molecule has 5 heteroatoms. The van der Waals surface area contributed by atoms with Crippen LogP contribution in [0.15, 0.2) is 29.3 Å². The van der Waals surface area contributed by atoms with Gasteiger partial charge in [-0.25, -0.2) is 0 Å². The summed E-state index contributed by atoms with van der Waals surface area (Å²) in [7, 11) is 0. The Labute approximate surface area is 111 Å². The maximum Gasteiger partial charge on any atom is 0.257 e. The van der Waals surface area contributed by atoms with Gasteiger partial charge in [0.2, 0.25) is 0 Å². The van der Waals surface area contributed by atoms with E-state index >= 15 is 0 Å². The lowest BCUT2D eigenvalue weighted by Crippen LogP contribution is -2.27. The molecule has 0 aliphatic carbocycles. The highest BCUT2D eigenvalue weighted by atomic mass is 32.2. The zero-order valence-electron chi connectivity index (χ0n) is 10.3. The number of amidine groups is 1. The summed E-state index contributed by atoms with van der Waals surface area (Å²) in [6.07, 6.45) is 0.948. The molecular formula is C13H16N2O2S. The molecule has 1 N–H and O–H groups in total. The number of hydrogen-bond acceptors (Lipinski definition) is 4. The van der Waals surface area contributed by atoms with Crippen LogP contribution in [0.1, 0.15) is 23.7 Å². The molecule has 0 saturated carbocycles. The number of thioether (sulfide) groups is 1. The molecule has 0 bridgehead atoms. The van der Waals surface area contributed by atoms with Gasteiger partial charge in [-0.2, -0.15) is 0 Å². The van der Waals surface area contributed by atoms with Crippen molar-refractivity contribution in [3.05, 3.63) is 29.8 Å². The van der Waals surface area contributed by atoms with Crippen molar-refractivity contribution in [3.8, 4) is 5.75 Å². The highest BCUT2D eigenvalue weighted by molar-refractivity contribution is 8.14. The molecule has 0 spiro atoms. The minimum atomic E-state index is -0.134. The van der Waals surface area contributed by atoms with Gasteiger partial charge in [0, 0.05) is 11.3 Å². The Hall–Kier alpha value is -1.49. The van der Waals surface area contributed by atoms with Crippen molar-refractivity contribution < 1.29 is 9.53 Å². The SMILES string of the molecule is CCCOc1cccc(C(=O)NC2=NCCS2)c1. The van der Waals surface area contributed by atoms with E-state index in [1.165, 1.54) is 0 Å². The predicted molar refractivity (Wildman–Crippen MR) is 74.5 cm³/mol. The largest absolute Gasteiger partial charge is 0.494 e. The molecule has 0 atom stereocenters. The second kappa shape index (κ2) is 6.44. The first-order valence-corrected chi connectivity index (χ1v) is 6.99. The van der Waals surface area contributed by atoms with E-state index in [0.717, 1.165) is 24.5 Å². The number of hydrogen-bond donors (Lipinski definition) is 1. The van der Waals surface area contributed by atoms with Crippen LogP contribution in [0.5, 0.6) is 5.75 Å². The van der Waals surface area contributed by atoms with E-state index in [9.17, 15) is 4.79 Å². The third-order valence-corrected chi connectivity index (χ3v) is 3.27. The normalized spacial score (nSPS) is 14.2. The number of benzene rings is 1. The second-order valence-electron chi connectivity index (χ2n) is 3.87. The van der Waals surface area contributed by atoms with Crippen LogP contribution in [0.25, 0.3) is 0 Å². The minimum Gasteiger partial charge on any atom is -0.494 e. The quantitative estimate of drug-likeness (QED) is 0.908. The monoisotopic (exact) mass is 264 g/mol. The molecule has 1 aliphatic rings. The van der Waals surface area contributed by atoms with E-state index in [-0.39, 0.29) is 5.91 Å². The summed E-state index contributed by atoms with van der Waals surface area (Å²) >= 11 is 1.57. The molecule has 1 aromatic carbocycles. The van der Waals surface area contributed by atoms with Crippen LogP contribution in [-0.2, 0) is 0 Å². The van der Waals surface area contributed by atoms with Gasteiger partial charge in [0.25, 0.3) is 5.91 Å². The highest BCUT2D eigenvalue weighted by Crippen LogP contribution is 2.15. The maximum absolute atomic E-state index is 12.0. The van der Waals surface area contributed by atoms with Gasteiger partial charge in [0.1, 0.15) is 5.75 Å². The smallest absolute Gasteiger partial charge is 0.257 e. The number of rotatable bonds is 4. The Morgan fingerprint density at radius 3 is 3.17 bits per heavy atom. The summed E-state index contributed by atoms with van der Waals surface area (Å²) in [6.45, 7) is 3.49. The van der Waals surface area contributed by atoms with Crippen LogP contribution >= 0.6 is 11.8 Å². The van der Waals surface area contributed by atoms with Crippen LogP contribution in [0.2, 0.25) is 0 Å². The lowest BCUT2D eigenvalue weighted by molar-refractivity contribution is 0.0977. The van der Waals surface area contributed by atoms with Crippen LogP contribution in [0, 0.1) is 0 Å². The highest BCUT2D eigenvalue weighted by Gasteiger charge is 2.12. The van der Waals surface area contributed by atoms with Crippen LogP contribution in [-0.4, -0.2) is 30.0 Å². The fourth-order valence-electron chi connectivity index (χ4n) is 1.53. The van der Waals surface area contributed by atoms with Crippen molar-refractivity contribution in [1.29, 1.82) is 0 Å². The van der Waals surface area contributed by atoms with E-state index in [1.807, 2.05) is 19.1 Å². The molecule has 0 aromatic heterocycles. The predicted octanol–water partition coefficient (Wildman–Crippen LogP) is 2.31. The lowest BCUT2D eigenvalue weighted by Gasteiger charge is -2.07. The van der Waals surface area contributed by atoms with Crippen molar-refractivity contribution in [2.24, 2.45) is 4.99 Å². The average Bonchev–Trinajstić information content (AvgIpc) is 2.89. The van der Waals surface area contributed by atoms with Gasteiger partial charge in [-0.1, -0.05) is 24.8 Å². The van der Waals surface area contributed by atoms with Crippen molar-refractivity contribution >= 4 is 22.8 Å². The number of aliphatic imine (C=N–C) groups is 1. The molecule has 0 unspecified atom stereocenters. The molecule has 0 saturated heterocycles. The molecular weight excluding hydrogens is 248 g/mol. The van der Waals surface area contributed by atoms with Crippen LogP contribution in [0.4, 0.5) is 0 Å². The Balaban J connectivity index is 2.00. The first-order valence-electron chi connectivity index (χ1n) is 6.01. The molecule has 1 amide bonds. The van der Waals surface area contributed by atoms with Crippen LogP contribution < -0.4 is 10.1 Å². The molecule has 0 fully saturated rings. The molecule has 1 aliphatic heterocycles. The van der Waals surface area contributed by atoms with E-state index in [4.69, 9.17) is 4.74 Å². The van der Waals surface area contributed by atoms with Crippen molar-refractivity contribution in [3.63, 3.8) is 0 Å². The Kier molecular flexibility index (Phi) is 4.64. The summed E-state index contributed by atoms with van der Waals surface area (Å²) in [5.74, 6) is 1.53. The van der Waals surface area contributed by atoms with E-state index in [1.54, 1.807) is 23.9 Å². The molecule has 4 nitrogen and oxygen atoms in total. The Bertz CT molecular complexity index is 460. The number of amides is 1. The van der Waals surface area contributed by atoms with E-state index < -0.39 is 0 Å². The molecule has 1 aromatic rings. The average molecular weight is 264 g/mol. The maximum atomic E-state index is 12.0. The number of ether oxygens (including phenoxy) is 1. The van der Waals surface area contributed by atoms with E-state index in [0.29, 0.717) is 17.3 Å². The zero-order valence-corrected chi connectivity index (χ0v) is 11.1. The molecule has 2 rings (SSSR count). The fraction of sp³-hybridized carbons (Fsp3) is 0.385. The minimum absolute atomic E-state index is 0.134. The first kappa shape index (κ1) is 13.0. The topological polar surface area (TPSA) is 50.7 Å². The van der Waals surface area contributed by atoms with Gasteiger partial charge in [0.05, 0.1) is 13.2 Å². The molecule has 18 heavy (non-hydrogen) atoms. The molecule has 0 radical (unpaired) electrons. The summed E-state index contributed by atoms with van der Waals surface area (Å²) in [6, 6.07) is 7.21. The number of carbonyl (C=O) groups is 1. The summed E-state index contributed by atoms with van der Waals surface area (Å²) < 4.78 is 5.50. The number of carbonyl (C=O) groups excluding carboxylic acids is 1. The van der Waals surface area contributed by atoms with E-state index in [2.05, 4.69) is 10.3 Å². The van der Waals surface area contributed by atoms with Gasteiger partial charge in [-0.3, -0.25) is 9.79 Å². The Morgan fingerprint density at radius 1 is 1.56 bits per heavy atom. The summed E-state index contributed by atoms with van der Waals surface area (Å²) in [4.78, 5) is 16.2.